The van der Waals surface area contributed by atoms with Crippen LogP contribution in [-0.4, -0.2) is 44.4 Å². The van der Waals surface area contributed by atoms with Crippen molar-refractivity contribution in [1.29, 1.82) is 0 Å². The molecular formula is C8H14O4. The summed E-state index contributed by atoms with van der Waals surface area (Å²) in [5.74, 6) is 0. The van der Waals surface area contributed by atoms with Crippen LogP contribution in [0.25, 0.3) is 0 Å². The van der Waals surface area contributed by atoms with Crippen molar-refractivity contribution in [3.63, 3.8) is 0 Å². The van der Waals surface area contributed by atoms with Crippen molar-refractivity contribution in [3.8, 4) is 0 Å². The van der Waals surface area contributed by atoms with Crippen LogP contribution in [0, 0.1) is 0 Å². The third-order valence-corrected chi connectivity index (χ3v) is 1.44. The highest BCUT2D eigenvalue weighted by atomic mass is 16.7. The van der Waals surface area contributed by atoms with Crippen LogP contribution in [0.15, 0.2) is 12.2 Å². The first-order valence-electron chi connectivity index (χ1n) is 3.98. The number of ether oxygens (including phenoxy) is 3. The third-order valence-electron chi connectivity index (χ3n) is 1.44. The lowest BCUT2D eigenvalue weighted by atomic mass is 10.3. The monoisotopic (exact) mass is 174 g/mol. The Bertz CT molecular complexity index is 135. The average molecular weight is 174 g/mol. The molecule has 1 heterocycles. The summed E-state index contributed by atoms with van der Waals surface area (Å²) in [5.41, 5.74) is 0. The highest BCUT2D eigenvalue weighted by molar-refractivity contribution is 4.90. The maximum Gasteiger partial charge on any atom is 0.147 e. The molecule has 12 heavy (non-hydrogen) atoms. The van der Waals surface area contributed by atoms with E-state index in [4.69, 9.17) is 19.3 Å². The minimum atomic E-state index is -0.0546. The molecule has 0 spiro atoms. The van der Waals surface area contributed by atoms with Gasteiger partial charge in [-0.2, -0.15) is 0 Å². The highest BCUT2D eigenvalue weighted by Crippen LogP contribution is 1.99. The molecule has 0 fully saturated rings. The minimum Gasteiger partial charge on any atom is -0.394 e. The molecular weight excluding hydrogens is 160 g/mol. The van der Waals surface area contributed by atoms with Gasteiger partial charge in [0.15, 0.2) is 0 Å². The lowest BCUT2D eigenvalue weighted by molar-refractivity contribution is -0.0838. The first-order chi connectivity index (χ1) is 5.93. The molecule has 0 aliphatic carbocycles. The van der Waals surface area contributed by atoms with Crippen molar-refractivity contribution in [2.75, 3.05) is 33.2 Å². The van der Waals surface area contributed by atoms with Gasteiger partial charge in [-0.1, -0.05) is 12.2 Å². The molecule has 0 bridgehead atoms. The maximum absolute atomic E-state index is 8.51. The first kappa shape index (κ1) is 9.67. The second kappa shape index (κ2) is 6.14. The van der Waals surface area contributed by atoms with Crippen molar-refractivity contribution >= 4 is 0 Å². The summed E-state index contributed by atoms with van der Waals surface area (Å²) < 4.78 is 15.4. The van der Waals surface area contributed by atoms with E-state index in [0.29, 0.717) is 26.6 Å². The van der Waals surface area contributed by atoms with Gasteiger partial charge in [-0.05, 0) is 0 Å². The van der Waals surface area contributed by atoms with E-state index in [9.17, 15) is 0 Å². The van der Waals surface area contributed by atoms with Crippen LogP contribution < -0.4 is 0 Å². The van der Waals surface area contributed by atoms with Gasteiger partial charge in [0.05, 0.1) is 32.5 Å². The zero-order valence-electron chi connectivity index (χ0n) is 6.94. The van der Waals surface area contributed by atoms with E-state index in [-0.39, 0.29) is 12.7 Å². The van der Waals surface area contributed by atoms with Crippen LogP contribution in [0.3, 0.4) is 0 Å². The predicted octanol–water partition coefficient (Wildman–Crippen LogP) is -0.0756. The summed E-state index contributed by atoms with van der Waals surface area (Å²) >= 11 is 0. The Morgan fingerprint density at radius 2 is 2.42 bits per heavy atom. The molecule has 1 unspecified atom stereocenters. The van der Waals surface area contributed by atoms with E-state index in [0.717, 1.165) is 0 Å². The molecule has 0 aromatic rings. The Morgan fingerprint density at radius 3 is 3.25 bits per heavy atom. The van der Waals surface area contributed by atoms with Gasteiger partial charge in [-0.25, -0.2) is 0 Å². The summed E-state index contributed by atoms with van der Waals surface area (Å²) in [4.78, 5) is 0. The smallest absolute Gasteiger partial charge is 0.147 e. The zero-order chi connectivity index (χ0) is 8.65. The number of hydrogen-bond acceptors (Lipinski definition) is 4. The largest absolute Gasteiger partial charge is 0.394 e. The van der Waals surface area contributed by atoms with Gasteiger partial charge in [0.25, 0.3) is 0 Å². The molecule has 0 aromatic heterocycles. The highest BCUT2D eigenvalue weighted by Gasteiger charge is 2.06. The fourth-order valence-corrected chi connectivity index (χ4v) is 0.910. The molecule has 70 valence electrons. The maximum atomic E-state index is 8.51. The number of rotatable bonds is 3. The van der Waals surface area contributed by atoms with Crippen molar-refractivity contribution in [2.45, 2.75) is 6.10 Å². The molecule has 0 saturated carbocycles. The molecule has 1 rings (SSSR count). The molecule has 1 aliphatic rings. The molecule has 0 radical (unpaired) electrons. The Labute approximate surface area is 71.7 Å². The molecule has 0 aromatic carbocycles. The van der Waals surface area contributed by atoms with Crippen LogP contribution in [0.4, 0.5) is 0 Å². The topological polar surface area (TPSA) is 47.9 Å². The first-order valence-corrected chi connectivity index (χ1v) is 3.98. The number of hydrogen-bond donors (Lipinski definition) is 1. The second-order valence-corrected chi connectivity index (χ2v) is 2.42. The van der Waals surface area contributed by atoms with Gasteiger partial charge in [-0.3, -0.25) is 0 Å². The van der Waals surface area contributed by atoms with Crippen LogP contribution in [0.5, 0.6) is 0 Å². The van der Waals surface area contributed by atoms with Crippen molar-refractivity contribution in [3.05, 3.63) is 12.2 Å². The minimum absolute atomic E-state index is 0.0425. The van der Waals surface area contributed by atoms with Gasteiger partial charge in [0, 0.05) is 0 Å². The Balaban J connectivity index is 2.23. The molecule has 4 nitrogen and oxygen atoms in total. The van der Waals surface area contributed by atoms with E-state index in [1.807, 2.05) is 12.2 Å². The van der Waals surface area contributed by atoms with Crippen LogP contribution >= 0.6 is 0 Å². The molecule has 1 N–H and O–H groups in total. The van der Waals surface area contributed by atoms with Crippen molar-refractivity contribution in [1.82, 2.24) is 0 Å². The predicted molar refractivity (Wildman–Crippen MR) is 42.7 cm³/mol. The zero-order valence-corrected chi connectivity index (χ0v) is 6.94. The standard InChI is InChI=1S/C8H14O4/c9-3-5-12-8-2-1-4-10-7-11-6-8/h1-2,8-9H,3-7H2. The summed E-state index contributed by atoms with van der Waals surface area (Å²) in [5, 5.41) is 8.51. The van der Waals surface area contributed by atoms with Crippen LogP contribution in [0.2, 0.25) is 0 Å². The molecule has 1 atom stereocenters. The Hall–Kier alpha value is -0.420. The fourth-order valence-electron chi connectivity index (χ4n) is 0.910. The molecule has 4 heteroatoms. The second-order valence-electron chi connectivity index (χ2n) is 2.42. The lowest BCUT2D eigenvalue weighted by Gasteiger charge is -2.15. The van der Waals surface area contributed by atoms with E-state index in [1.54, 1.807) is 0 Å². The molecule has 0 saturated heterocycles. The van der Waals surface area contributed by atoms with Gasteiger partial charge >= 0.3 is 0 Å². The number of aliphatic hydroxyl groups is 1. The lowest BCUT2D eigenvalue weighted by Crippen LogP contribution is -2.22. The number of aliphatic hydroxyl groups excluding tert-OH is 1. The fraction of sp³-hybridized carbons (Fsp3) is 0.750. The van der Waals surface area contributed by atoms with Gasteiger partial charge in [-0.15, -0.1) is 0 Å². The molecule has 0 amide bonds. The van der Waals surface area contributed by atoms with E-state index in [1.165, 1.54) is 0 Å². The van der Waals surface area contributed by atoms with Gasteiger partial charge in [0.2, 0.25) is 0 Å². The third kappa shape index (κ3) is 3.82. The van der Waals surface area contributed by atoms with Crippen molar-refractivity contribution in [2.24, 2.45) is 0 Å². The van der Waals surface area contributed by atoms with E-state index < -0.39 is 0 Å². The summed E-state index contributed by atoms with van der Waals surface area (Å²) in [6.07, 6.45) is 3.72. The van der Waals surface area contributed by atoms with Crippen molar-refractivity contribution < 1.29 is 19.3 Å². The van der Waals surface area contributed by atoms with Gasteiger partial charge in [0.1, 0.15) is 6.79 Å². The van der Waals surface area contributed by atoms with E-state index in [2.05, 4.69) is 0 Å². The summed E-state index contributed by atoms with van der Waals surface area (Å²) in [6, 6.07) is 0. The SMILES string of the molecule is OCCOC1C=CCOCOC1. The Kier molecular flexibility index (Phi) is 4.94. The quantitative estimate of drug-likeness (QED) is 0.608. The van der Waals surface area contributed by atoms with Crippen LogP contribution in [0.1, 0.15) is 0 Å². The van der Waals surface area contributed by atoms with Gasteiger partial charge < -0.3 is 19.3 Å². The Morgan fingerprint density at radius 1 is 1.50 bits per heavy atom. The summed E-state index contributed by atoms with van der Waals surface area (Å²) in [6.45, 7) is 1.73. The molecule has 1 aliphatic heterocycles. The summed E-state index contributed by atoms with van der Waals surface area (Å²) in [7, 11) is 0. The van der Waals surface area contributed by atoms with Crippen LogP contribution in [-0.2, 0) is 14.2 Å². The average Bonchev–Trinajstić information content (AvgIpc) is 2.02. The normalized spacial score (nSPS) is 24.9. The van der Waals surface area contributed by atoms with E-state index >= 15 is 0 Å².